The summed E-state index contributed by atoms with van der Waals surface area (Å²) >= 11 is 0. The Morgan fingerprint density at radius 3 is 1.20 bits per heavy atom. The van der Waals surface area contributed by atoms with E-state index in [2.05, 4.69) is 55.6 Å². The third-order valence-electron chi connectivity index (χ3n) is 13.2. The molecule has 65 heavy (non-hydrogen) atoms. The van der Waals surface area contributed by atoms with E-state index >= 15 is 0 Å². The van der Waals surface area contributed by atoms with Crippen LogP contribution >= 0.6 is 0 Å². The summed E-state index contributed by atoms with van der Waals surface area (Å²) in [5.41, 5.74) is 0. The predicted octanol–water partition coefficient (Wildman–Crippen LogP) is 17.6. The number of carbonyl (C=O) groups excluding carboxylic acids is 2. The largest absolute Gasteiger partial charge is 0.466 e. The Morgan fingerprint density at radius 2 is 0.769 bits per heavy atom. The molecule has 0 aliphatic heterocycles. The number of allylic oxidation sites excluding steroid dienone is 6. The molecule has 0 aliphatic rings. The normalized spacial score (nSPS) is 12.9. The first-order chi connectivity index (χ1) is 32.0. The molecule has 2 atom stereocenters. The lowest BCUT2D eigenvalue weighted by Gasteiger charge is -2.22. The number of aliphatic hydroxyl groups is 2. The van der Waals surface area contributed by atoms with Crippen LogP contribution in [0.25, 0.3) is 0 Å². The molecule has 0 aliphatic carbocycles. The van der Waals surface area contributed by atoms with E-state index in [-0.39, 0.29) is 18.5 Å². The van der Waals surface area contributed by atoms with E-state index in [1.54, 1.807) is 0 Å². The molecule has 0 radical (unpaired) electrons. The second-order valence-electron chi connectivity index (χ2n) is 19.6. The second kappa shape index (κ2) is 54.7. The fourth-order valence-corrected chi connectivity index (χ4v) is 8.72. The van der Waals surface area contributed by atoms with Gasteiger partial charge in [-0.15, -0.1) is 0 Å². The molecule has 0 heterocycles. The number of amides is 1. The van der Waals surface area contributed by atoms with E-state index in [4.69, 9.17) is 4.74 Å². The molecule has 3 N–H and O–H groups in total. The zero-order valence-corrected chi connectivity index (χ0v) is 43.5. The maximum atomic E-state index is 12.5. The Kier molecular flexibility index (Phi) is 53.1. The van der Waals surface area contributed by atoms with Gasteiger partial charge in [-0.25, -0.2) is 0 Å². The summed E-state index contributed by atoms with van der Waals surface area (Å²) in [6.07, 6.45) is 67.0. The van der Waals surface area contributed by atoms with Crippen molar-refractivity contribution in [2.75, 3.05) is 13.2 Å². The fraction of sp³-hybridized carbons (Fsp3) is 0.864. The standard InChI is InChI=1S/C59H111NO5/c1-3-5-7-9-11-13-15-17-19-21-23-24-25-27-29-31-35-39-43-47-51-57(62)56(55-61)60-58(63)52-48-44-40-36-33-34-38-42-46-50-54-65-59(64)53-49-45-41-37-32-30-28-26-22-20-18-16-14-12-10-8-6-4-2/h14,16,20,22,34,38,56-57,61-62H,3-13,15,17-19,21,23-33,35-37,39-55H2,1-2H3,(H,60,63)/b16-14-,22-20-,38-34-. The summed E-state index contributed by atoms with van der Waals surface area (Å²) in [5.74, 6) is -0.113. The smallest absolute Gasteiger partial charge is 0.305 e. The van der Waals surface area contributed by atoms with E-state index in [1.165, 1.54) is 186 Å². The van der Waals surface area contributed by atoms with E-state index in [9.17, 15) is 19.8 Å². The number of ether oxygens (including phenoxy) is 1. The molecule has 2 unspecified atom stereocenters. The third-order valence-corrected chi connectivity index (χ3v) is 13.2. The highest BCUT2D eigenvalue weighted by Crippen LogP contribution is 2.17. The Hall–Kier alpha value is -1.92. The van der Waals surface area contributed by atoms with Crippen LogP contribution in [0.4, 0.5) is 0 Å². The van der Waals surface area contributed by atoms with Crippen LogP contribution in [0.15, 0.2) is 36.5 Å². The summed E-state index contributed by atoms with van der Waals surface area (Å²) in [6, 6.07) is -0.569. The monoisotopic (exact) mass is 914 g/mol. The molecular weight excluding hydrogens is 803 g/mol. The van der Waals surface area contributed by atoms with Crippen molar-refractivity contribution in [2.24, 2.45) is 0 Å². The van der Waals surface area contributed by atoms with Crippen molar-refractivity contribution in [3.63, 3.8) is 0 Å². The lowest BCUT2D eigenvalue weighted by Crippen LogP contribution is -2.45. The molecule has 0 fully saturated rings. The number of aliphatic hydroxyl groups excluding tert-OH is 2. The first-order valence-corrected chi connectivity index (χ1v) is 28.7. The molecule has 0 aromatic rings. The van der Waals surface area contributed by atoms with Gasteiger partial charge in [-0.2, -0.15) is 0 Å². The van der Waals surface area contributed by atoms with Crippen LogP contribution in [-0.4, -0.2) is 47.4 Å². The highest BCUT2D eigenvalue weighted by atomic mass is 16.5. The lowest BCUT2D eigenvalue weighted by molar-refractivity contribution is -0.143. The predicted molar refractivity (Wildman–Crippen MR) is 283 cm³/mol. The van der Waals surface area contributed by atoms with Gasteiger partial charge in [0.15, 0.2) is 0 Å². The number of hydrogen-bond donors (Lipinski definition) is 3. The van der Waals surface area contributed by atoms with E-state index < -0.39 is 12.1 Å². The molecule has 0 bridgehead atoms. The van der Waals surface area contributed by atoms with Crippen LogP contribution in [0.2, 0.25) is 0 Å². The first kappa shape index (κ1) is 63.1. The first-order valence-electron chi connectivity index (χ1n) is 28.7. The summed E-state index contributed by atoms with van der Waals surface area (Å²) in [6.45, 7) is 4.86. The number of esters is 1. The molecule has 0 saturated carbocycles. The number of unbranched alkanes of at least 4 members (excludes halogenated alkanes) is 36. The summed E-state index contributed by atoms with van der Waals surface area (Å²) in [4.78, 5) is 24.6. The molecule has 0 saturated heterocycles. The fourth-order valence-electron chi connectivity index (χ4n) is 8.72. The van der Waals surface area contributed by atoms with Crippen LogP contribution in [-0.2, 0) is 14.3 Å². The molecule has 0 aromatic heterocycles. The SMILES string of the molecule is CCCCCC/C=C\C/C=C\CCCCCCCCCC(=O)OCCCC/C=C\CCCCCCC(=O)NC(CO)C(O)CCCCCCCCCCCCCCCCCCCCCC. The van der Waals surface area contributed by atoms with Gasteiger partial charge < -0.3 is 20.3 Å². The van der Waals surface area contributed by atoms with Gasteiger partial charge in [-0.05, 0) is 83.5 Å². The van der Waals surface area contributed by atoms with Crippen molar-refractivity contribution in [3.8, 4) is 0 Å². The highest BCUT2D eigenvalue weighted by molar-refractivity contribution is 5.76. The number of nitrogens with one attached hydrogen (secondary N) is 1. The van der Waals surface area contributed by atoms with Gasteiger partial charge in [0.05, 0.1) is 25.4 Å². The van der Waals surface area contributed by atoms with Gasteiger partial charge in [0.25, 0.3) is 0 Å². The zero-order chi connectivity index (χ0) is 47.2. The maximum Gasteiger partial charge on any atom is 0.305 e. The van der Waals surface area contributed by atoms with Gasteiger partial charge in [0.2, 0.25) is 5.91 Å². The summed E-state index contributed by atoms with van der Waals surface area (Å²) in [7, 11) is 0. The molecule has 0 aromatic carbocycles. The van der Waals surface area contributed by atoms with Crippen molar-refractivity contribution >= 4 is 11.9 Å². The number of carbonyl (C=O) groups is 2. The quantitative estimate of drug-likeness (QED) is 0.0321. The average Bonchev–Trinajstić information content (AvgIpc) is 3.31. The Morgan fingerprint density at radius 1 is 0.431 bits per heavy atom. The van der Waals surface area contributed by atoms with Gasteiger partial charge in [-0.1, -0.05) is 243 Å². The number of hydrogen-bond acceptors (Lipinski definition) is 5. The van der Waals surface area contributed by atoms with Gasteiger partial charge in [0.1, 0.15) is 0 Å². The Labute approximate surface area is 404 Å². The van der Waals surface area contributed by atoms with Gasteiger partial charge >= 0.3 is 5.97 Å². The lowest BCUT2D eigenvalue weighted by atomic mass is 10.0. The summed E-state index contributed by atoms with van der Waals surface area (Å²) < 4.78 is 5.45. The Balaban J connectivity index is 3.52. The van der Waals surface area contributed by atoms with Gasteiger partial charge in [-0.3, -0.25) is 9.59 Å². The minimum atomic E-state index is -0.688. The molecule has 0 spiro atoms. The van der Waals surface area contributed by atoms with Crippen molar-refractivity contribution < 1.29 is 24.5 Å². The third kappa shape index (κ3) is 51.3. The van der Waals surface area contributed by atoms with E-state index in [0.29, 0.717) is 25.9 Å². The van der Waals surface area contributed by atoms with E-state index in [0.717, 1.165) is 83.5 Å². The second-order valence-corrected chi connectivity index (χ2v) is 19.6. The maximum absolute atomic E-state index is 12.5. The average molecular weight is 915 g/mol. The molecular formula is C59H111NO5. The molecule has 382 valence electrons. The Bertz CT molecular complexity index is 1060. The van der Waals surface area contributed by atoms with Crippen LogP contribution in [0.5, 0.6) is 0 Å². The number of rotatable bonds is 53. The molecule has 6 heteroatoms. The minimum Gasteiger partial charge on any atom is -0.466 e. The molecule has 0 rings (SSSR count). The van der Waals surface area contributed by atoms with Crippen LogP contribution in [0.1, 0.15) is 303 Å². The summed E-state index contributed by atoms with van der Waals surface area (Å²) in [5, 5.41) is 23.3. The van der Waals surface area contributed by atoms with Crippen LogP contribution in [0, 0.1) is 0 Å². The topological polar surface area (TPSA) is 95.9 Å². The van der Waals surface area contributed by atoms with Crippen molar-refractivity contribution in [1.82, 2.24) is 5.32 Å². The van der Waals surface area contributed by atoms with Crippen molar-refractivity contribution in [1.29, 1.82) is 0 Å². The van der Waals surface area contributed by atoms with Crippen molar-refractivity contribution in [2.45, 2.75) is 315 Å². The molecule has 6 nitrogen and oxygen atoms in total. The zero-order valence-electron chi connectivity index (χ0n) is 43.5. The van der Waals surface area contributed by atoms with Crippen molar-refractivity contribution in [3.05, 3.63) is 36.5 Å². The molecule has 1 amide bonds. The highest BCUT2D eigenvalue weighted by Gasteiger charge is 2.20. The van der Waals surface area contributed by atoms with Crippen LogP contribution < -0.4 is 5.32 Å². The van der Waals surface area contributed by atoms with Crippen LogP contribution in [0.3, 0.4) is 0 Å². The minimum absolute atomic E-state index is 0.0433. The van der Waals surface area contributed by atoms with Gasteiger partial charge in [0, 0.05) is 12.8 Å². The van der Waals surface area contributed by atoms with E-state index in [1.807, 2.05) is 0 Å².